The molecular formula is C39H71NO6. The SMILES string of the molecule is CCCCCCCCC=CCCCCCCCC(=O)N(C(=O)CCCCCCCCCCCCCCC)[C@@H](CCC(=O)O)C(=O)O. The molecule has 0 aliphatic heterocycles. The molecule has 0 fully saturated rings. The summed E-state index contributed by atoms with van der Waals surface area (Å²) in [7, 11) is 0. The molecule has 268 valence electrons. The molecule has 0 aromatic heterocycles. The van der Waals surface area contributed by atoms with E-state index in [1.54, 1.807) is 0 Å². The van der Waals surface area contributed by atoms with Crippen molar-refractivity contribution in [1.82, 2.24) is 4.90 Å². The Labute approximate surface area is 282 Å². The number of carboxylic acid groups (broad SMARTS) is 2. The van der Waals surface area contributed by atoms with Gasteiger partial charge < -0.3 is 10.2 Å². The van der Waals surface area contributed by atoms with Crippen molar-refractivity contribution in [3.8, 4) is 0 Å². The summed E-state index contributed by atoms with van der Waals surface area (Å²) >= 11 is 0. The van der Waals surface area contributed by atoms with E-state index in [0.29, 0.717) is 12.8 Å². The predicted molar refractivity (Wildman–Crippen MR) is 190 cm³/mol. The Balaban J connectivity index is 4.40. The fourth-order valence-corrected chi connectivity index (χ4v) is 5.99. The van der Waals surface area contributed by atoms with E-state index in [9.17, 15) is 24.3 Å². The van der Waals surface area contributed by atoms with Crippen LogP contribution in [0.4, 0.5) is 0 Å². The minimum Gasteiger partial charge on any atom is -0.481 e. The summed E-state index contributed by atoms with van der Waals surface area (Å²) in [6.45, 7) is 4.48. The first kappa shape index (κ1) is 43.8. The van der Waals surface area contributed by atoms with Crippen molar-refractivity contribution in [2.75, 3.05) is 0 Å². The second kappa shape index (κ2) is 32.7. The maximum absolute atomic E-state index is 13.1. The van der Waals surface area contributed by atoms with E-state index >= 15 is 0 Å². The minimum absolute atomic E-state index is 0.110. The summed E-state index contributed by atoms with van der Waals surface area (Å²) in [6, 6.07) is -1.43. The lowest BCUT2D eigenvalue weighted by Gasteiger charge is -2.27. The van der Waals surface area contributed by atoms with E-state index in [2.05, 4.69) is 26.0 Å². The third kappa shape index (κ3) is 27.0. The highest BCUT2D eigenvalue weighted by molar-refractivity contribution is 5.99. The first-order chi connectivity index (χ1) is 22.3. The molecule has 7 nitrogen and oxygen atoms in total. The molecule has 2 N–H and O–H groups in total. The number of nitrogens with zero attached hydrogens (tertiary/aromatic N) is 1. The van der Waals surface area contributed by atoms with Crippen molar-refractivity contribution in [3.05, 3.63) is 12.2 Å². The topological polar surface area (TPSA) is 112 Å². The molecule has 0 aliphatic rings. The van der Waals surface area contributed by atoms with E-state index in [1.807, 2.05) is 0 Å². The predicted octanol–water partition coefficient (Wildman–Crippen LogP) is 11.2. The Hall–Kier alpha value is -2.18. The Morgan fingerprint density at radius 1 is 0.478 bits per heavy atom. The lowest BCUT2D eigenvalue weighted by Crippen LogP contribution is -2.48. The van der Waals surface area contributed by atoms with Gasteiger partial charge in [0.2, 0.25) is 11.8 Å². The Kier molecular flexibility index (Phi) is 31.2. The van der Waals surface area contributed by atoms with Gasteiger partial charge in [-0.3, -0.25) is 19.3 Å². The second-order valence-electron chi connectivity index (χ2n) is 13.3. The van der Waals surface area contributed by atoms with Crippen LogP contribution in [0.1, 0.15) is 206 Å². The molecule has 0 saturated heterocycles. The number of unbranched alkanes of at least 4 members (excludes halogenated alkanes) is 23. The highest BCUT2D eigenvalue weighted by Gasteiger charge is 2.34. The van der Waals surface area contributed by atoms with Crippen molar-refractivity contribution in [3.63, 3.8) is 0 Å². The molecule has 0 aromatic rings. The van der Waals surface area contributed by atoms with Gasteiger partial charge in [-0.25, -0.2) is 4.79 Å². The van der Waals surface area contributed by atoms with Gasteiger partial charge in [-0.1, -0.05) is 154 Å². The van der Waals surface area contributed by atoms with Crippen LogP contribution in [0.2, 0.25) is 0 Å². The van der Waals surface area contributed by atoms with Crippen LogP contribution in [0, 0.1) is 0 Å². The number of hydrogen-bond donors (Lipinski definition) is 2. The van der Waals surface area contributed by atoms with Crippen LogP contribution < -0.4 is 0 Å². The van der Waals surface area contributed by atoms with Gasteiger partial charge in [-0.2, -0.15) is 0 Å². The fourth-order valence-electron chi connectivity index (χ4n) is 5.99. The van der Waals surface area contributed by atoms with Gasteiger partial charge in [0.25, 0.3) is 0 Å². The third-order valence-corrected chi connectivity index (χ3v) is 8.91. The molecule has 2 amide bonds. The molecule has 7 heteroatoms. The highest BCUT2D eigenvalue weighted by atomic mass is 16.4. The average molecular weight is 650 g/mol. The molecule has 0 aliphatic carbocycles. The lowest BCUT2D eigenvalue weighted by atomic mass is 10.0. The Bertz CT molecular complexity index is 795. The molecule has 0 saturated carbocycles. The zero-order valence-electron chi connectivity index (χ0n) is 29.9. The van der Waals surface area contributed by atoms with Gasteiger partial charge in [0.05, 0.1) is 0 Å². The minimum atomic E-state index is -1.43. The van der Waals surface area contributed by atoms with Gasteiger partial charge >= 0.3 is 11.9 Å². The maximum Gasteiger partial charge on any atom is 0.326 e. The van der Waals surface area contributed by atoms with Crippen molar-refractivity contribution in [2.45, 2.75) is 213 Å². The van der Waals surface area contributed by atoms with Crippen LogP contribution in [0.5, 0.6) is 0 Å². The molecule has 0 heterocycles. The average Bonchev–Trinajstić information content (AvgIpc) is 3.02. The molecule has 0 radical (unpaired) electrons. The number of imide groups is 1. The number of hydrogen-bond acceptors (Lipinski definition) is 4. The summed E-state index contributed by atoms with van der Waals surface area (Å²) < 4.78 is 0. The van der Waals surface area contributed by atoms with Crippen LogP contribution in [-0.4, -0.2) is 44.9 Å². The smallest absolute Gasteiger partial charge is 0.326 e. The summed E-state index contributed by atoms with van der Waals surface area (Å²) in [5, 5.41) is 18.9. The van der Waals surface area contributed by atoms with Gasteiger partial charge in [-0.05, 0) is 44.9 Å². The molecule has 0 rings (SSSR count). The van der Waals surface area contributed by atoms with Crippen LogP contribution in [0.15, 0.2) is 12.2 Å². The maximum atomic E-state index is 13.1. The number of carbonyl (C=O) groups excluding carboxylic acids is 2. The quantitative estimate of drug-likeness (QED) is 0.0530. The highest BCUT2D eigenvalue weighted by Crippen LogP contribution is 2.18. The van der Waals surface area contributed by atoms with Crippen molar-refractivity contribution in [2.24, 2.45) is 0 Å². The monoisotopic (exact) mass is 650 g/mol. The van der Waals surface area contributed by atoms with Crippen LogP contribution >= 0.6 is 0 Å². The lowest BCUT2D eigenvalue weighted by molar-refractivity contribution is -0.159. The third-order valence-electron chi connectivity index (χ3n) is 8.91. The number of aliphatic carboxylic acids is 2. The summed E-state index contributed by atoms with van der Waals surface area (Å²) in [4.78, 5) is 50.3. The normalized spacial score (nSPS) is 12.0. The van der Waals surface area contributed by atoms with E-state index in [0.717, 1.165) is 62.7 Å². The van der Waals surface area contributed by atoms with Crippen LogP contribution in [0.25, 0.3) is 0 Å². The first-order valence-electron chi connectivity index (χ1n) is 19.3. The zero-order chi connectivity index (χ0) is 34.1. The molecule has 1 atom stereocenters. The van der Waals surface area contributed by atoms with Crippen molar-refractivity contribution < 1.29 is 29.4 Å². The van der Waals surface area contributed by atoms with E-state index in [4.69, 9.17) is 5.11 Å². The number of rotatable bonds is 34. The zero-order valence-corrected chi connectivity index (χ0v) is 29.9. The summed E-state index contributed by atoms with van der Waals surface area (Å²) in [5.41, 5.74) is 0. The molecule has 46 heavy (non-hydrogen) atoms. The van der Waals surface area contributed by atoms with E-state index in [-0.39, 0.29) is 19.3 Å². The van der Waals surface area contributed by atoms with Crippen LogP contribution in [0.3, 0.4) is 0 Å². The summed E-state index contributed by atoms with van der Waals surface area (Å²) in [5.74, 6) is -3.44. The second-order valence-corrected chi connectivity index (χ2v) is 13.3. The fraction of sp³-hybridized carbons (Fsp3) is 0.846. The standard InChI is InChI=1S/C39H71NO6/c1-3-5-7-9-11-13-15-17-18-20-22-24-26-28-30-32-37(42)40(35(39(45)46)33-34-38(43)44)36(41)31-29-27-25-23-21-19-16-14-12-10-8-6-4-2/h17-18,35H,3-16,19-34H2,1-2H3,(H,43,44)(H,45,46)/t35-/m0/s1. The molecule has 0 aromatic carbocycles. The number of allylic oxidation sites excluding steroid dienone is 2. The van der Waals surface area contributed by atoms with Gasteiger partial charge in [0, 0.05) is 19.3 Å². The summed E-state index contributed by atoms with van der Waals surface area (Å²) in [6.07, 6.45) is 34.2. The number of carbonyl (C=O) groups is 4. The van der Waals surface area contributed by atoms with Crippen molar-refractivity contribution in [1.29, 1.82) is 0 Å². The molecule has 0 unspecified atom stereocenters. The molecular weight excluding hydrogens is 578 g/mol. The Morgan fingerprint density at radius 2 is 0.804 bits per heavy atom. The molecule has 0 spiro atoms. The first-order valence-corrected chi connectivity index (χ1v) is 19.3. The van der Waals surface area contributed by atoms with Gasteiger partial charge in [-0.15, -0.1) is 0 Å². The number of amides is 2. The van der Waals surface area contributed by atoms with Gasteiger partial charge in [0.15, 0.2) is 0 Å². The molecule has 0 bridgehead atoms. The van der Waals surface area contributed by atoms with Gasteiger partial charge in [0.1, 0.15) is 6.04 Å². The number of carboxylic acids is 2. The van der Waals surface area contributed by atoms with E-state index < -0.39 is 36.2 Å². The van der Waals surface area contributed by atoms with Crippen molar-refractivity contribution >= 4 is 23.8 Å². The largest absolute Gasteiger partial charge is 0.481 e. The van der Waals surface area contributed by atoms with Crippen LogP contribution in [-0.2, 0) is 19.2 Å². The van der Waals surface area contributed by atoms with E-state index in [1.165, 1.54) is 96.3 Å². The Morgan fingerprint density at radius 3 is 1.13 bits per heavy atom.